The molecule has 2 nitrogen and oxygen atoms in total. The average Bonchev–Trinajstić information content (AvgIpc) is 3.23. The fraction of sp³-hybridized carbons (Fsp3) is 0.128. The van der Waals surface area contributed by atoms with E-state index in [0.29, 0.717) is 0 Å². The van der Waals surface area contributed by atoms with Crippen LogP contribution in [-0.4, -0.2) is 9.97 Å². The van der Waals surface area contributed by atoms with E-state index in [9.17, 15) is 0 Å². The summed E-state index contributed by atoms with van der Waals surface area (Å²) in [6.07, 6.45) is 0. The predicted molar refractivity (Wildman–Crippen MR) is 172 cm³/mol. The Hall–Kier alpha value is -4.82. The molecule has 0 bridgehead atoms. The Morgan fingerprint density at radius 2 is 1.24 bits per heavy atom. The van der Waals surface area contributed by atoms with Gasteiger partial charge in [0.15, 0.2) is 0 Å². The van der Waals surface area contributed by atoms with Gasteiger partial charge < -0.3 is 0 Å². The normalized spacial score (nSPS) is 13.6. The van der Waals surface area contributed by atoms with Gasteiger partial charge in [0.2, 0.25) is 0 Å². The quantitative estimate of drug-likeness (QED) is 0.209. The van der Waals surface area contributed by atoms with Gasteiger partial charge in [0.1, 0.15) is 0 Å². The number of fused-ring (bicyclic) bond motifs is 8. The molecule has 1 aliphatic rings. The van der Waals surface area contributed by atoms with Crippen LogP contribution in [0, 0.1) is 13.8 Å². The Morgan fingerprint density at radius 1 is 0.488 bits per heavy atom. The molecule has 0 amide bonds. The van der Waals surface area contributed by atoms with Crippen molar-refractivity contribution in [3.63, 3.8) is 0 Å². The van der Waals surface area contributed by atoms with E-state index in [0.717, 1.165) is 33.2 Å². The van der Waals surface area contributed by atoms with Gasteiger partial charge in [-0.3, -0.25) is 9.97 Å². The lowest BCUT2D eigenvalue weighted by atomic mass is 9.81. The smallest absolute Gasteiger partial charge is 0.0974 e. The first-order valence-electron chi connectivity index (χ1n) is 14.3. The Labute approximate surface area is 240 Å². The van der Waals surface area contributed by atoms with Crippen molar-refractivity contribution in [3.05, 3.63) is 132 Å². The van der Waals surface area contributed by atoms with Crippen LogP contribution in [0.15, 0.2) is 109 Å². The number of benzene rings is 5. The number of hydrogen-bond donors (Lipinski definition) is 0. The number of hydrogen-bond acceptors (Lipinski definition) is 2. The van der Waals surface area contributed by atoms with Crippen LogP contribution in [0.25, 0.3) is 66.0 Å². The molecule has 0 radical (unpaired) electrons. The predicted octanol–water partition coefficient (Wildman–Crippen LogP) is 10.2. The Balaban J connectivity index is 1.28. The monoisotopic (exact) mass is 526 g/mol. The molecule has 196 valence electrons. The molecule has 41 heavy (non-hydrogen) atoms. The summed E-state index contributed by atoms with van der Waals surface area (Å²) in [7, 11) is 0. The van der Waals surface area contributed by atoms with Crippen molar-refractivity contribution >= 4 is 32.6 Å². The largest absolute Gasteiger partial charge is 0.251 e. The molecule has 0 N–H and O–H groups in total. The van der Waals surface area contributed by atoms with Gasteiger partial charge in [0.25, 0.3) is 0 Å². The molecule has 7 aromatic rings. The molecule has 0 saturated carbocycles. The number of aromatic nitrogens is 2. The lowest BCUT2D eigenvalue weighted by molar-refractivity contribution is 0.661. The topological polar surface area (TPSA) is 25.8 Å². The third-order valence-corrected chi connectivity index (χ3v) is 8.98. The van der Waals surface area contributed by atoms with E-state index in [4.69, 9.17) is 9.97 Å². The summed E-state index contributed by atoms with van der Waals surface area (Å²) < 4.78 is 0. The maximum absolute atomic E-state index is 4.95. The molecule has 0 spiro atoms. The molecule has 8 rings (SSSR count). The first-order chi connectivity index (χ1) is 19.9. The van der Waals surface area contributed by atoms with E-state index in [1.54, 1.807) is 0 Å². The third-order valence-electron chi connectivity index (χ3n) is 8.98. The standard InChI is InChI=1S/C39H30N2/c1-23-12-13-26-14-17-31-33(20-24(2)41-38(31)37(26)40-23)29-10-7-9-27(21-29)28-15-18-32-35(22-28)39(3,4)34-19-16-25-8-5-6-11-30(25)36(32)34/h5-22H,1-4H3. The lowest BCUT2D eigenvalue weighted by Gasteiger charge is -2.22. The Morgan fingerprint density at radius 3 is 2.15 bits per heavy atom. The van der Waals surface area contributed by atoms with Crippen molar-refractivity contribution in [3.8, 4) is 33.4 Å². The van der Waals surface area contributed by atoms with Crippen molar-refractivity contribution in [2.45, 2.75) is 33.1 Å². The van der Waals surface area contributed by atoms with Gasteiger partial charge in [-0.25, -0.2) is 0 Å². The molecule has 2 aromatic heterocycles. The summed E-state index contributed by atoms with van der Waals surface area (Å²) in [6.45, 7) is 8.83. The van der Waals surface area contributed by atoms with Gasteiger partial charge in [0, 0.05) is 27.6 Å². The lowest BCUT2D eigenvalue weighted by Crippen LogP contribution is -2.15. The minimum Gasteiger partial charge on any atom is -0.251 e. The highest BCUT2D eigenvalue weighted by Gasteiger charge is 2.36. The van der Waals surface area contributed by atoms with E-state index >= 15 is 0 Å². The number of pyridine rings is 2. The summed E-state index contributed by atoms with van der Waals surface area (Å²) in [6, 6.07) is 40.1. The SMILES string of the molecule is Cc1ccc2ccc3c(-c4cccc(-c5ccc6c(c5)C(C)(C)c5ccc7ccccc7c5-6)c4)cc(C)nc3c2n1. The van der Waals surface area contributed by atoms with Crippen molar-refractivity contribution in [2.75, 3.05) is 0 Å². The summed E-state index contributed by atoms with van der Waals surface area (Å²) in [5, 5.41) is 4.89. The van der Waals surface area contributed by atoms with Crippen LogP contribution in [0.4, 0.5) is 0 Å². The second-order valence-electron chi connectivity index (χ2n) is 12.0. The minimum atomic E-state index is -0.0626. The van der Waals surface area contributed by atoms with Gasteiger partial charge in [-0.15, -0.1) is 0 Å². The molecule has 0 aliphatic heterocycles. The Bertz CT molecular complexity index is 2200. The van der Waals surface area contributed by atoms with Crippen molar-refractivity contribution < 1.29 is 0 Å². The van der Waals surface area contributed by atoms with Gasteiger partial charge in [-0.1, -0.05) is 98.8 Å². The van der Waals surface area contributed by atoms with Crippen LogP contribution in [0.2, 0.25) is 0 Å². The van der Waals surface area contributed by atoms with Crippen LogP contribution in [0.3, 0.4) is 0 Å². The van der Waals surface area contributed by atoms with Gasteiger partial charge >= 0.3 is 0 Å². The highest BCUT2D eigenvalue weighted by atomic mass is 14.8. The van der Waals surface area contributed by atoms with E-state index in [1.165, 1.54) is 55.3 Å². The molecule has 1 aliphatic carbocycles. The fourth-order valence-corrected chi connectivity index (χ4v) is 6.89. The molecule has 0 fully saturated rings. The highest BCUT2D eigenvalue weighted by Crippen LogP contribution is 2.52. The molecule has 0 atom stereocenters. The van der Waals surface area contributed by atoms with Crippen molar-refractivity contribution in [1.29, 1.82) is 0 Å². The zero-order valence-electron chi connectivity index (χ0n) is 23.8. The maximum Gasteiger partial charge on any atom is 0.0974 e. The van der Waals surface area contributed by atoms with E-state index in [1.807, 2.05) is 6.92 Å². The fourth-order valence-electron chi connectivity index (χ4n) is 6.89. The Kier molecular flexibility index (Phi) is 5.03. The second kappa shape index (κ2) is 8.59. The van der Waals surface area contributed by atoms with Crippen molar-refractivity contribution in [2.24, 2.45) is 0 Å². The number of rotatable bonds is 2. The second-order valence-corrected chi connectivity index (χ2v) is 12.0. The molecule has 0 saturated heterocycles. The van der Waals surface area contributed by atoms with E-state index in [2.05, 4.69) is 130 Å². The summed E-state index contributed by atoms with van der Waals surface area (Å²) in [5.74, 6) is 0. The van der Waals surface area contributed by atoms with Gasteiger partial charge in [-0.2, -0.15) is 0 Å². The van der Waals surface area contributed by atoms with Crippen LogP contribution in [-0.2, 0) is 5.41 Å². The highest BCUT2D eigenvalue weighted by molar-refractivity contribution is 6.08. The van der Waals surface area contributed by atoms with Crippen LogP contribution in [0.1, 0.15) is 36.4 Å². The van der Waals surface area contributed by atoms with E-state index < -0.39 is 0 Å². The van der Waals surface area contributed by atoms with Crippen LogP contribution in [0.5, 0.6) is 0 Å². The third kappa shape index (κ3) is 3.57. The van der Waals surface area contributed by atoms with E-state index in [-0.39, 0.29) is 5.41 Å². The average molecular weight is 527 g/mol. The van der Waals surface area contributed by atoms with Gasteiger partial charge in [0.05, 0.1) is 11.0 Å². The molecular formula is C39H30N2. The molecular weight excluding hydrogens is 496 g/mol. The maximum atomic E-state index is 4.95. The minimum absolute atomic E-state index is 0.0626. The number of nitrogens with zero attached hydrogens (tertiary/aromatic N) is 2. The van der Waals surface area contributed by atoms with Crippen LogP contribution >= 0.6 is 0 Å². The first kappa shape index (κ1) is 24.0. The van der Waals surface area contributed by atoms with Crippen LogP contribution < -0.4 is 0 Å². The summed E-state index contributed by atoms with van der Waals surface area (Å²) in [4.78, 5) is 9.81. The summed E-state index contributed by atoms with van der Waals surface area (Å²) >= 11 is 0. The van der Waals surface area contributed by atoms with Gasteiger partial charge in [-0.05, 0) is 93.4 Å². The number of aryl methyl sites for hydroxylation is 2. The molecule has 0 unspecified atom stereocenters. The zero-order chi connectivity index (χ0) is 27.9. The molecule has 2 heteroatoms. The zero-order valence-corrected chi connectivity index (χ0v) is 23.8. The molecule has 5 aromatic carbocycles. The van der Waals surface area contributed by atoms with Crippen molar-refractivity contribution in [1.82, 2.24) is 9.97 Å². The first-order valence-corrected chi connectivity index (χ1v) is 14.3. The molecule has 2 heterocycles. The summed E-state index contributed by atoms with van der Waals surface area (Å²) in [5.41, 5.74) is 14.3.